The van der Waals surface area contributed by atoms with Gasteiger partial charge in [0.25, 0.3) is 5.91 Å². The number of carbonyl (C=O) groups is 2. The SMILES string of the molecule is CC1C(C(=O)O)CCN1C(=O)c1cncnc1. The third-order valence-electron chi connectivity index (χ3n) is 3.14. The van der Waals surface area contributed by atoms with Gasteiger partial charge in [-0.05, 0) is 13.3 Å². The van der Waals surface area contributed by atoms with Crippen LogP contribution in [0.2, 0.25) is 0 Å². The van der Waals surface area contributed by atoms with Crippen molar-refractivity contribution < 1.29 is 14.7 Å². The number of carboxylic acids is 1. The molecule has 6 heteroatoms. The van der Waals surface area contributed by atoms with E-state index >= 15 is 0 Å². The largest absolute Gasteiger partial charge is 0.481 e. The summed E-state index contributed by atoms with van der Waals surface area (Å²) in [6.45, 7) is 2.22. The monoisotopic (exact) mass is 235 g/mol. The minimum atomic E-state index is -0.850. The maximum atomic E-state index is 12.1. The van der Waals surface area contributed by atoms with Crippen molar-refractivity contribution in [1.29, 1.82) is 0 Å². The molecular weight excluding hydrogens is 222 g/mol. The fraction of sp³-hybridized carbons (Fsp3) is 0.455. The average Bonchev–Trinajstić information content (AvgIpc) is 2.71. The first-order chi connectivity index (χ1) is 8.11. The second-order valence-corrected chi connectivity index (χ2v) is 4.10. The van der Waals surface area contributed by atoms with Crippen LogP contribution >= 0.6 is 0 Å². The van der Waals surface area contributed by atoms with Gasteiger partial charge in [0.2, 0.25) is 0 Å². The topological polar surface area (TPSA) is 83.4 Å². The summed E-state index contributed by atoms with van der Waals surface area (Å²) in [6, 6.07) is -0.291. The number of carboxylic acid groups (broad SMARTS) is 1. The van der Waals surface area contributed by atoms with Crippen molar-refractivity contribution in [2.75, 3.05) is 6.54 Å². The van der Waals surface area contributed by atoms with Gasteiger partial charge in [0.05, 0.1) is 11.5 Å². The molecule has 1 amide bonds. The van der Waals surface area contributed by atoms with Gasteiger partial charge in [-0.2, -0.15) is 0 Å². The van der Waals surface area contributed by atoms with Crippen molar-refractivity contribution in [3.05, 3.63) is 24.3 Å². The molecular formula is C11H13N3O3. The first kappa shape index (κ1) is 11.5. The normalized spacial score (nSPS) is 23.7. The molecule has 90 valence electrons. The van der Waals surface area contributed by atoms with Gasteiger partial charge < -0.3 is 10.0 Å². The zero-order chi connectivity index (χ0) is 12.4. The first-order valence-corrected chi connectivity index (χ1v) is 5.40. The Kier molecular flexibility index (Phi) is 3.03. The molecule has 1 aliphatic rings. The molecule has 1 saturated heterocycles. The molecule has 1 fully saturated rings. The van der Waals surface area contributed by atoms with Gasteiger partial charge in [-0.3, -0.25) is 9.59 Å². The highest BCUT2D eigenvalue weighted by molar-refractivity contribution is 5.94. The molecule has 2 heterocycles. The molecule has 0 saturated carbocycles. The highest BCUT2D eigenvalue weighted by Gasteiger charge is 2.38. The van der Waals surface area contributed by atoms with Crippen molar-refractivity contribution in [3.63, 3.8) is 0 Å². The molecule has 0 aliphatic carbocycles. The van der Waals surface area contributed by atoms with Gasteiger partial charge in [0.1, 0.15) is 6.33 Å². The van der Waals surface area contributed by atoms with E-state index in [0.717, 1.165) is 0 Å². The van der Waals surface area contributed by atoms with Gasteiger partial charge in [-0.15, -0.1) is 0 Å². The third kappa shape index (κ3) is 2.11. The van der Waals surface area contributed by atoms with Gasteiger partial charge in [0, 0.05) is 25.0 Å². The molecule has 1 aromatic heterocycles. The van der Waals surface area contributed by atoms with E-state index in [2.05, 4.69) is 9.97 Å². The Bertz CT molecular complexity index is 435. The summed E-state index contributed by atoms with van der Waals surface area (Å²) in [7, 11) is 0. The van der Waals surface area contributed by atoms with E-state index in [-0.39, 0.29) is 11.9 Å². The quantitative estimate of drug-likeness (QED) is 0.802. The number of carbonyl (C=O) groups excluding carboxylic acids is 1. The van der Waals surface area contributed by atoms with Crippen molar-refractivity contribution in [1.82, 2.24) is 14.9 Å². The van der Waals surface area contributed by atoms with E-state index in [1.165, 1.54) is 18.7 Å². The zero-order valence-corrected chi connectivity index (χ0v) is 9.41. The molecule has 6 nitrogen and oxygen atoms in total. The number of hydrogen-bond donors (Lipinski definition) is 1. The Morgan fingerprint density at radius 2 is 2.06 bits per heavy atom. The predicted molar refractivity (Wildman–Crippen MR) is 58.3 cm³/mol. The van der Waals surface area contributed by atoms with E-state index in [1.54, 1.807) is 11.8 Å². The fourth-order valence-corrected chi connectivity index (χ4v) is 2.13. The Morgan fingerprint density at radius 1 is 1.41 bits per heavy atom. The number of aromatic nitrogens is 2. The smallest absolute Gasteiger partial charge is 0.308 e. The molecule has 2 rings (SSSR count). The summed E-state index contributed by atoms with van der Waals surface area (Å²) >= 11 is 0. The van der Waals surface area contributed by atoms with Crippen LogP contribution in [0.15, 0.2) is 18.7 Å². The lowest BCUT2D eigenvalue weighted by Gasteiger charge is -2.22. The Hall–Kier alpha value is -1.98. The van der Waals surface area contributed by atoms with Gasteiger partial charge >= 0.3 is 5.97 Å². The molecule has 17 heavy (non-hydrogen) atoms. The number of likely N-dealkylation sites (tertiary alicyclic amines) is 1. The van der Waals surface area contributed by atoms with Crippen molar-refractivity contribution in [2.45, 2.75) is 19.4 Å². The van der Waals surface area contributed by atoms with E-state index < -0.39 is 11.9 Å². The van der Waals surface area contributed by atoms with E-state index in [1.807, 2.05) is 0 Å². The summed E-state index contributed by atoms with van der Waals surface area (Å²) in [5, 5.41) is 8.99. The van der Waals surface area contributed by atoms with Crippen LogP contribution < -0.4 is 0 Å². The highest BCUT2D eigenvalue weighted by Crippen LogP contribution is 2.25. The maximum absolute atomic E-state index is 12.1. The molecule has 0 radical (unpaired) electrons. The maximum Gasteiger partial charge on any atom is 0.308 e. The Labute approximate surface area is 98.3 Å². The van der Waals surface area contributed by atoms with Crippen LogP contribution in [-0.4, -0.2) is 44.4 Å². The fourth-order valence-electron chi connectivity index (χ4n) is 2.13. The lowest BCUT2D eigenvalue weighted by atomic mass is 10.0. The molecule has 2 atom stereocenters. The van der Waals surface area contributed by atoms with Crippen LogP contribution in [0.25, 0.3) is 0 Å². The van der Waals surface area contributed by atoms with Crippen LogP contribution in [0.5, 0.6) is 0 Å². The summed E-state index contributed by atoms with van der Waals surface area (Å²) in [6.07, 6.45) is 4.73. The molecule has 1 N–H and O–H groups in total. The number of rotatable bonds is 2. The average molecular weight is 235 g/mol. The summed E-state index contributed by atoms with van der Waals surface area (Å²) in [4.78, 5) is 32.2. The number of hydrogen-bond acceptors (Lipinski definition) is 4. The van der Waals surface area contributed by atoms with Crippen LogP contribution in [0.3, 0.4) is 0 Å². The molecule has 0 bridgehead atoms. The van der Waals surface area contributed by atoms with Crippen LogP contribution in [-0.2, 0) is 4.79 Å². The number of aliphatic carboxylic acids is 1. The minimum absolute atomic E-state index is 0.207. The van der Waals surface area contributed by atoms with E-state index in [0.29, 0.717) is 18.5 Å². The molecule has 1 aliphatic heterocycles. The Morgan fingerprint density at radius 3 is 2.59 bits per heavy atom. The minimum Gasteiger partial charge on any atom is -0.481 e. The highest BCUT2D eigenvalue weighted by atomic mass is 16.4. The number of amides is 1. The lowest BCUT2D eigenvalue weighted by molar-refractivity contribution is -0.142. The van der Waals surface area contributed by atoms with E-state index in [9.17, 15) is 9.59 Å². The van der Waals surface area contributed by atoms with Crippen molar-refractivity contribution in [2.24, 2.45) is 5.92 Å². The second kappa shape index (κ2) is 4.48. The summed E-state index contributed by atoms with van der Waals surface area (Å²) < 4.78 is 0. The number of nitrogens with zero attached hydrogens (tertiary/aromatic N) is 3. The molecule has 1 aromatic rings. The van der Waals surface area contributed by atoms with Crippen LogP contribution in [0.1, 0.15) is 23.7 Å². The third-order valence-corrected chi connectivity index (χ3v) is 3.14. The van der Waals surface area contributed by atoms with Gasteiger partial charge in [0.15, 0.2) is 0 Å². The van der Waals surface area contributed by atoms with Gasteiger partial charge in [-0.1, -0.05) is 0 Å². The second-order valence-electron chi connectivity index (χ2n) is 4.10. The Balaban J connectivity index is 2.15. The van der Waals surface area contributed by atoms with Crippen LogP contribution in [0, 0.1) is 5.92 Å². The van der Waals surface area contributed by atoms with Gasteiger partial charge in [-0.25, -0.2) is 9.97 Å². The molecule has 0 spiro atoms. The van der Waals surface area contributed by atoms with Crippen LogP contribution in [0.4, 0.5) is 0 Å². The summed E-state index contributed by atoms with van der Waals surface area (Å²) in [5.74, 6) is -1.54. The first-order valence-electron chi connectivity index (χ1n) is 5.40. The van der Waals surface area contributed by atoms with E-state index in [4.69, 9.17) is 5.11 Å². The molecule has 2 unspecified atom stereocenters. The van der Waals surface area contributed by atoms with Crippen molar-refractivity contribution in [3.8, 4) is 0 Å². The standard InChI is InChI=1S/C11H13N3O3/c1-7-9(11(16)17)2-3-14(7)10(15)8-4-12-6-13-5-8/h4-7,9H,2-3H2,1H3,(H,16,17). The lowest BCUT2D eigenvalue weighted by Crippen LogP contribution is -2.37. The van der Waals surface area contributed by atoms with Crippen molar-refractivity contribution >= 4 is 11.9 Å². The zero-order valence-electron chi connectivity index (χ0n) is 9.41. The molecule has 0 aromatic carbocycles. The predicted octanol–water partition coefficient (Wildman–Crippen LogP) is 0.412. The summed E-state index contributed by atoms with van der Waals surface area (Å²) in [5.41, 5.74) is 0.394.